The normalized spacial score (nSPS) is 15.5. The van der Waals surface area contributed by atoms with Crippen LogP contribution in [0.25, 0.3) is 0 Å². The molecule has 0 amide bonds. The molecule has 166 valence electrons. The molecule has 0 aliphatic rings. The lowest BCUT2D eigenvalue weighted by Gasteiger charge is -2.35. The van der Waals surface area contributed by atoms with Gasteiger partial charge >= 0.3 is 7.60 Å². The topological polar surface area (TPSA) is 77.8 Å². The average molecular weight is 419 g/mol. The molecule has 0 heterocycles. The molecule has 5 nitrogen and oxygen atoms in total. The highest BCUT2D eigenvalue weighted by atomic mass is 31.2. The van der Waals surface area contributed by atoms with Crippen LogP contribution in [0.1, 0.15) is 84.0 Å². The molecule has 1 unspecified atom stereocenters. The molecular formula is C22H45NO4P+. The van der Waals surface area contributed by atoms with Crippen LogP contribution in [-0.4, -0.2) is 52.4 Å². The SMILES string of the molecule is CCCCCCC/C=C\CC/C=C\CCCCC(O)(C[N+](C)(C)C)P(=O)(O)O. The van der Waals surface area contributed by atoms with Gasteiger partial charge in [0.15, 0.2) is 0 Å². The van der Waals surface area contributed by atoms with E-state index in [9.17, 15) is 19.5 Å². The van der Waals surface area contributed by atoms with E-state index < -0.39 is 12.9 Å². The molecule has 0 aromatic heterocycles. The third kappa shape index (κ3) is 14.5. The number of quaternary nitrogens is 1. The van der Waals surface area contributed by atoms with Crippen LogP contribution >= 0.6 is 7.60 Å². The number of allylic oxidation sites excluding steroid dienone is 4. The van der Waals surface area contributed by atoms with Gasteiger partial charge in [0, 0.05) is 0 Å². The fourth-order valence-corrected chi connectivity index (χ4v) is 4.33. The molecule has 0 saturated heterocycles. The van der Waals surface area contributed by atoms with E-state index in [4.69, 9.17) is 0 Å². The first-order chi connectivity index (χ1) is 13.0. The number of hydrogen-bond donors (Lipinski definition) is 3. The van der Waals surface area contributed by atoms with E-state index in [0.29, 0.717) is 10.9 Å². The molecule has 0 rings (SSSR count). The van der Waals surface area contributed by atoms with Crippen molar-refractivity contribution >= 4 is 7.60 Å². The van der Waals surface area contributed by atoms with E-state index in [1.54, 1.807) is 0 Å². The Bertz CT molecular complexity index is 493. The van der Waals surface area contributed by atoms with Gasteiger partial charge in [0.2, 0.25) is 5.34 Å². The summed E-state index contributed by atoms with van der Waals surface area (Å²) in [5.41, 5.74) is 0. The molecule has 0 spiro atoms. The van der Waals surface area contributed by atoms with Gasteiger partial charge in [-0.05, 0) is 51.4 Å². The number of rotatable bonds is 17. The van der Waals surface area contributed by atoms with Gasteiger partial charge in [0.05, 0.1) is 21.1 Å². The predicted octanol–water partition coefficient (Wildman–Crippen LogP) is 5.37. The van der Waals surface area contributed by atoms with Crippen LogP contribution in [0.4, 0.5) is 0 Å². The molecule has 0 saturated carbocycles. The van der Waals surface area contributed by atoms with Crippen molar-refractivity contribution < 1.29 is 23.9 Å². The number of hydrogen-bond acceptors (Lipinski definition) is 2. The number of likely N-dealkylation sites (N-methyl/N-ethyl adjacent to an activating group) is 1. The first-order valence-electron chi connectivity index (χ1n) is 10.9. The summed E-state index contributed by atoms with van der Waals surface area (Å²) in [4.78, 5) is 19.1. The van der Waals surface area contributed by atoms with Crippen molar-refractivity contribution in [3.8, 4) is 0 Å². The molecule has 0 bridgehead atoms. The molecule has 0 fully saturated rings. The minimum atomic E-state index is -4.56. The molecule has 6 heteroatoms. The first kappa shape index (κ1) is 27.5. The number of nitrogens with zero attached hydrogens (tertiary/aromatic N) is 1. The molecule has 28 heavy (non-hydrogen) atoms. The lowest BCUT2D eigenvalue weighted by Crippen LogP contribution is -2.49. The summed E-state index contributed by atoms with van der Waals surface area (Å²) in [6.07, 6.45) is 21.2. The molecule has 0 aliphatic carbocycles. The Labute approximate surface area is 173 Å². The second-order valence-electron chi connectivity index (χ2n) is 8.94. The first-order valence-corrected chi connectivity index (χ1v) is 12.5. The minimum Gasteiger partial charge on any atom is -0.373 e. The fourth-order valence-electron chi connectivity index (χ4n) is 3.28. The molecule has 0 aromatic carbocycles. The van der Waals surface area contributed by atoms with E-state index in [0.717, 1.165) is 25.7 Å². The van der Waals surface area contributed by atoms with Crippen molar-refractivity contribution in [3.05, 3.63) is 24.3 Å². The predicted molar refractivity (Wildman–Crippen MR) is 119 cm³/mol. The van der Waals surface area contributed by atoms with Gasteiger partial charge in [0.25, 0.3) is 0 Å². The molecule has 0 aliphatic heterocycles. The maximum absolute atomic E-state index is 11.7. The molecule has 3 N–H and O–H groups in total. The second-order valence-corrected chi connectivity index (χ2v) is 10.9. The summed E-state index contributed by atoms with van der Waals surface area (Å²) in [7, 11) is 0.913. The quantitative estimate of drug-likeness (QED) is 0.128. The maximum Gasteiger partial charge on any atom is 0.362 e. The maximum atomic E-state index is 11.7. The third-order valence-electron chi connectivity index (χ3n) is 4.78. The van der Waals surface area contributed by atoms with Crippen LogP contribution in [0.5, 0.6) is 0 Å². The van der Waals surface area contributed by atoms with Crippen LogP contribution in [0, 0.1) is 0 Å². The Morgan fingerprint density at radius 3 is 1.71 bits per heavy atom. The van der Waals surface area contributed by atoms with Crippen LogP contribution in [0.3, 0.4) is 0 Å². The highest BCUT2D eigenvalue weighted by Crippen LogP contribution is 2.52. The van der Waals surface area contributed by atoms with E-state index in [1.165, 1.54) is 38.5 Å². The summed E-state index contributed by atoms with van der Waals surface area (Å²) in [5.74, 6) is 0. The van der Waals surface area contributed by atoms with Gasteiger partial charge < -0.3 is 19.4 Å². The smallest absolute Gasteiger partial charge is 0.362 e. The lowest BCUT2D eigenvalue weighted by atomic mass is 10.1. The van der Waals surface area contributed by atoms with Crippen LogP contribution < -0.4 is 0 Å². The zero-order chi connectivity index (χ0) is 21.5. The van der Waals surface area contributed by atoms with Crippen LogP contribution in [-0.2, 0) is 4.57 Å². The van der Waals surface area contributed by atoms with Gasteiger partial charge in [-0.1, -0.05) is 56.9 Å². The average Bonchev–Trinajstić information content (AvgIpc) is 2.56. The molecule has 0 aromatic rings. The van der Waals surface area contributed by atoms with Crippen LogP contribution in [0.15, 0.2) is 24.3 Å². The zero-order valence-corrected chi connectivity index (χ0v) is 19.5. The summed E-state index contributed by atoms with van der Waals surface area (Å²) in [5, 5.41) is 8.55. The molecule has 1 atom stereocenters. The van der Waals surface area contributed by atoms with Gasteiger partial charge in [-0.25, -0.2) is 0 Å². The lowest BCUT2D eigenvalue weighted by molar-refractivity contribution is -0.875. The Hall–Kier alpha value is -0.450. The third-order valence-corrected chi connectivity index (χ3v) is 6.22. The van der Waals surface area contributed by atoms with Crippen LogP contribution in [0.2, 0.25) is 0 Å². The standard InChI is InChI=1S/C22H44NO4P/c1-5-6-7-8-9-10-11-12-13-14-15-16-17-18-19-20-22(24,28(25,26)27)21-23(2,3)4/h11-12,15-16,24H,5-10,13-14,17-21H2,1-4H3,(H-,25,26,27)/p+1/b12-11-,16-15-. The number of unbranched alkanes of at least 4 members (excludes halogenated alkanes) is 8. The highest BCUT2D eigenvalue weighted by Gasteiger charge is 2.48. The number of aliphatic hydroxyl groups is 1. The second kappa shape index (κ2) is 14.5. The Morgan fingerprint density at radius 2 is 1.25 bits per heavy atom. The summed E-state index contributed by atoms with van der Waals surface area (Å²) >= 11 is 0. The van der Waals surface area contributed by atoms with Gasteiger partial charge in [-0.3, -0.25) is 4.57 Å². The summed E-state index contributed by atoms with van der Waals surface area (Å²) < 4.78 is 12.0. The van der Waals surface area contributed by atoms with E-state index in [2.05, 4.69) is 31.2 Å². The van der Waals surface area contributed by atoms with Gasteiger partial charge in [-0.15, -0.1) is 0 Å². The minimum absolute atomic E-state index is 0.0397. The van der Waals surface area contributed by atoms with E-state index >= 15 is 0 Å². The Morgan fingerprint density at radius 1 is 0.786 bits per heavy atom. The van der Waals surface area contributed by atoms with Gasteiger partial charge in [-0.2, -0.15) is 0 Å². The van der Waals surface area contributed by atoms with Crippen molar-refractivity contribution in [1.82, 2.24) is 0 Å². The highest BCUT2D eigenvalue weighted by molar-refractivity contribution is 7.53. The Balaban J connectivity index is 3.89. The fraction of sp³-hybridized carbons (Fsp3) is 0.818. The van der Waals surface area contributed by atoms with Crippen molar-refractivity contribution in [2.24, 2.45) is 0 Å². The van der Waals surface area contributed by atoms with Gasteiger partial charge in [0.1, 0.15) is 6.54 Å². The van der Waals surface area contributed by atoms with Crippen molar-refractivity contribution in [2.45, 2.75) is 89.3 Å². The zero-order valence-electron chi connectivity index (χ0n) is 18.6. The summed E-state index contributed by atoms with van der Waals surface area (Å²) in [6, 6.07) is 0. The molecule has 0 radical (unpaired) electrons. The van der Waals surface area contributed by atoms with E-state index in [-0.39, 0.29) is 13.0 Å². The van der Waals surface area contributed by atoms with Crippen molar-refractivity contribution in [3.63, 3.8) is 0 Å². The van der Waals surface area contributed by atoms with Crippen molar-refractivity contribution in [2.75, 3.05) is 27.7 Å². The van der Waals surface area contributed by atoms with E-state index in [1.807, 2.05) is 21.1 Å². The summed E-state index contributed by atoms with van der Waals surface area (Å²) in [6.45, 7) is 2.28. The van der Waals surface area contributed by atoms with Crippen molar-refractivity contribution in [1.29, 1.82) is 0 Å². The Kier molecular flexibility index (Phi) is 14.3. The monoisotopic (exact) mass is 418 g/mol. The largest absolute Gasteiger partial charge is 0.373 e. The molecular weight excluding hydrogens is 373 g/mol.